The second-order valence-electron chi connectivity index (χ2n) is 6.61. The van der Waals surface area contributed by atoms with Crippen molar-refractivity contribution in [1.82, 2.24) is 4.98 Å². The van der Waals surface area contributed by atoms with E-state index in [1.165, 1.54) is 6.07 Å². The van der Waals surface area contributed by atoms with Crippen LogP contribution in [0.15, 0.2) is 77.7 Å². The van der Waals surface area contributed by atoms with Crippen molar-refractivity contribution < 1.29 is 13.9 Å². The molecule has 4 nitrogen and oxygen atoms in total. The van der Waals surface area contributed by atoms with Crippen LogP contribution in [0, 0.1) is 5.82 Å². The zero-order chi connectivity index (χ0) is 20.2. The number of hydrogen-bond donors (Lipinski definition) is 1. The summed E-state index contributed by atoms with van der Waals surface area (Å²) in [4.78, 5) is 16.0. The van der Waals surface area contributed by atoms with Crippen LogP contribution in [-0.4, -0.2) is 11.6 Å². The highest BCUT2D eigenvalue weighted by molar-refractivity contribution is 5.88. The van der Waals surface area contributed by atoms with Gasteiger partial charge < -0.3 is 14.5 Å². The number of para-hydroxylation sites is 1. The molecule has 146 valence electrons. The Labute approximate surface area is 167 Å². The van der Waals surface area contributed by atoms with Crippen molar-refractivity contribution in [3.05, 3.63) is 89.0 Å². The van der Waals surface area contributed by atoms with Crippen LogP contribution in [-0.2, 0) is 0 Å². The van der Waals surface area contributed by atoms with E-state index in [1.807, 2.05) is 37.3 Å². The smallest absolute Gasteiger partial charge is 0.200 e. The van der Waals surface area contributed by atoms with E-state index < -0.39 is 5.82 Å². The Bertz CT molecular complexity index is 1180. The maximum absolute atomic E-state index is 14.5. The third kappa shape index (κ3) is 3.85. The molecule has 4 rings (SSSR count). The number of halogens is 1. The molecule has 0 aliphatic heterocycles. The lowest BCUT2D eigenvalue weighted by Crippen LogP contribution is -2.09. The number of ether oxygens (including phenoxy) is 2. The van der Waals surface area contributed by atoms with Gasteiger partial charge in [0.2, 0.25) is 0 Å². The number of fused-ring (bicyclic) bond motifs is 1. The van der Waals surface area contributed by atoms with Crippen LogP contribution in [0.5, 0.6) is 17.2 Å². The lowest BCUT2D eigenvalue weighted by atomic mass is 10.0. The third-order valence-corrected chi connectivity index (χ3v) is 4.55. The van der Waals surface area contributed by atoms with Crippen molar-refractivity contribution in [3.8, 4) is 28.4 Å². The van der Waals surface area contributed by atoms with E-state index in [2.05, 4.69) is 4.98 Å². The molecule has 29 heavy (non-hydrogen) atoms. The molecular weight excluding hydrogens is 369 g/mol. The minimum absolute atomic E-state index is 0.000662. The zero-order valence-electron chi connectivity index (χ0n) is 15.9. The monoisotopic (exact) mass is 389 g/mol. The van der Waals surface area contributed by atoms with Gasteiger partial charge in [-0.3, -0.25) is 4.79 Å². The first-order chi connectivity index (χ1) is 14.2. The average molecular weight is 389 g/mol. The van der Waals surface area contributed by atoms with Crippen molar-refractivity contribution in [2.75, 3.05) is 6.61 Å². The highest BCUT2D eigenvalue weighted by Gasteiger charge is 2.15. The predicted molar refractivity (Wildman–Crippen MR) is 112 cm³/mol. The van der Waals surface area contributed by atoms with Crippen LogP contribution in [0.2, 0.25) is 0 Å². The molecule has 0 radical (unpaired) electrons. The Morgan fingerprint density at radius 3 is 2.38 bits per heavy atom. The van der Waals surface area contributed by atoms with Gasteiger partial charge in [-0.25, -0.2) is 4.39 Å². The van der Waals surface area contributed by atoms with Crippen LogP contribution in [0.1, 0.15) is 13.3 Å². The van der Waals surface area contributed by atoms with Crippen LogP contribution >= 0.6 is 0 Å². The van der Waals surface area contributed by atoms with Crippen molar-refractivity contribution in [2.24, 2.45) is 0 Å². The molecule has 5 heteroatoms. The summed E-state index contributed by atoms with van der Waals surface area (Å²) < 4.78 is 25.9. The highest BCUT2D eigenvalue weighted by Crippen LogP contribution is 2.28. The first-order valence-electron chi connectivity index (χ1n) is 9.47. The maximum Gasteiger partial charge on any atom is 0.200 e. The lowest BCUT2D eigenvalue weighted by molar-refractivity contribution is 0.320. The van der Waals surface area contributed by atoms with Gasteiger partial charge in [0.05, 0.1) is 17.5 Å². The van der Waals surface area contributed by atoms with Crippen LogP contribution in [0.3, 0.4) is 0 Å². The number of benzene rings is 3. The Hall–Kier alpha value is -3.60. The minimum Gasteiger partial charge on any atom is -0.491 e. The summed E-state index contributed by atoms with van der Waals surface area (Å²) in [6, 6.07) is 19.4. The Kier molecular flexibility index (Phi) is 5.29. The Balaban J connectivity index is 1.70. The number of H-pyrrole nitrogens is 1. The Morgan fingerprint density at radius 1 is 0.931 bits per heavy atom. The van der Waals surface area contributed by atoms with Crippen molar-refractivity contribution >= 4 is 10.9 Å². The van der Waals surface area contributed by atoms with Crippen molar-refractivity contribution in [1.29, 1.82) is 0 Å². The molecule has 1 N–H and O–H groups in total. The normalized spacial score (nSPS) is 10.8. The molecule has 0 fully saturated rings. The van der Waals surface area contributed by atoms with Gasteiger partial charge in [0.15, 0.2) is 5.43 Å². The summed E-state index contributed by atoms with van der Waals surface area (Å²) in [5.74, 6) is 1.28. The number of pyridine rings is 1. The SMILES string of the molecule is CCCOc1ccc(F)c2c(=O)c(-c3ccc(Oc4ccccc4)cc3)c[nH]c12. The van der Waals surface area contributed by atoms with E-state index in [9.17, 15) is 9.18 Å². The van der Waals surface area contributed by atoms with E-state index in [4.69, 9.17) is 9.47 Å². The largest absolute Gasteiger partial charge is 0.491 e. The molecule has 0 atom stereocenters. The summed E-state index contributed by atoms with van der Waals surface area (Å²) >= 11 is 0. The van der Waals surface area contributed by atoms with Gasteiger partial charge in [-0.15, -0.1) is 0 Å². The van der Waals surface area contributed by atoms with E-state index in [1.54, 1.807) is 36.5 Å². The second-order valence-corrected chi connectivity index (χ2v) is 6.61. The molecule has 0 saturated heterocycles. The van der Waals surface area contributed by atoms with Crippen LogP contribution < -0.4 is 14.9 Å². The van der Waals surface area contributed by atoms with Gasteiger partial charge in [0.25, 0.3) is 0 Å². The van der Waals surface area contributed by atoms with Gasteiger partial charge >= 0.3 is 0 Å². The quantitative estimate of drug-likeness (QED) is 0.446. The number of hydrogen-bond acceptors (Lipinski definition) is 3. The van der Waals surface area contributed by atoms with Crippen molar-refractivity contribution in [2.45, 2.75) is 13.3 Å². The number of aromatic amines is 1. The molecule has 0 saturated carbocycles. The molecular formula is C24H20FNO3. The first kappa shape index (κ1) is 18.7. The maximum atomic E-state index is 14.5. The van der Waals surface area contributed by atoms with Gasteiger partial charge in [-0.2, -0.15) is 0 Å². The Morgan fingerprint density at radius 2 is 1.66 bits per heavy atom. The molecule has 0 bridgehead atoms. The first-order valence-corrected chi connectivity index (χ1v) is 9.47. The topological polar surface area (TPSA) is 51.3 Å². The molecule has 0 amide bonds. The molecule has 4 aromatic rings. The van der Waals surface area contributed by atoms with Gasteiger partial charge in [-0.05, 0) is 48.4 Å². The van der Waals surface area contributed by atoms with E-state index >= 15 is 0 Å². The fraction of sp³-hybridized carbons (Fsp3) is 0.125. The number of nitrogens with one attached hydrogen (secondary N) is 1. The van der Waals surface area contributed by atoms with Gasteiger partial charge in [0, 0.05) is 11.8 Å². The molecule has 1 heterocycles. The summed E-state index contributed by atoms with van der Waals surface area (Å²) in [6.45, 7) is 2.48. The molecule has 0 aliphatic rings. The zero-order valence-corrected chi connectivity index (χ0v) is 15.9. The highest BCUT2D eigenvalue weighted by atomic mass is 19.1. The second kappa shape index (κ2) is 8.19. The minimum atomic E-state index is -0.573. The standard InChI is InChI=1S/C24H20FNO3/c1-2-14-28-21-13-12-20(25)22-23(21)26-15-19(24(22)27)16-8-10-18(11-9-16)29-17-6-4-3-5-7-17/h3-13,15H,2,14H2,1H3,(H,26,27). The fourth-order valence-corrected chi connectivity index (χ4v) is 3.14. The molecule has 1 aromatic heterocycles. The summed E-state index contributed by atoms with van der Waals surface area (Å²) in [6.07, 6.45) is 2.41. The molecule has 0 aliphatic carbocycles. The molecule has 0 unspecified atom stereocenters. The van der Waals surface area contributed by atoms with Crippen LogP contribution in [0.25, 0.3) is 22.0 Å². The fourth-order valence-electron chi connectivity index (χ4n) is 3.14. The average Bonchev–Trinajstić information content (AvgIpc) is 2.75. The van der Waals surface area contributed by atoms with Gasteiger partial charge in [-0.1, -0.05) is 37.3 Å². The van der Waals surface area contributed by atoms with Gasteiger partial charge in [0.1, 0.15) is 23.1 Å². The van der Waals surface area contributed by atoms with Crippen LogP contribution in [0.4, 0.5) is 4.39 Å². The summed E-state index contributed by atoms with van der Waals surface area (Å²) in [7, 11) is 0. The van der Waals surface area contributed by atoms with E-state index in [-0.39, 0.29) is 10.8 Å². The van der Waals surface area contributed by atoms with E-state index in [0.717, 1.165) is 12.2 Å². The number of rotatable bonds is 6. The summed E-state index contributed by atoms with van der Waals surface area (Å²) in [5.41, 5.74) is 1.05. The van der Waals surface area contributed by atoms with Crippen molar-refractivity contribution in [3.63, 3.8) is 0 Å². The van der Waals surface area contributed by atoms with E-state index in [0.29, 0.717) is 34.7 Å². The lowest BCUT2D eigenvalue weighted by Gasteiger charge is -2.11. The predicted octanol–water partition coefficient (Wildman–Crippen LogP) is 5.92. The number of aromatic nitrogens is 1. The molecule has 3 aromatic carbocycles. The third-order valence-electron chi connectivity index (χ3n) is 4.55. The molecule has 0 spiro atoms. The summed E-state index contributed by atoms with van der Waals surface area (Å²) in [5, 5.41) is 0.000662.